The Kier molecular flexibility index (Phi) is 9.57. The molecule has 2 aliphatic rings. The van der Waals surface area contributed by atoms with Gasteiger partial charge in [0.2, 0.25) is 0 Å². The van der Waals surface area contributed by atoms with Gasteiger partial charge in [-0.15, -0.1) is 0 Å². The van der Waals surface area contributed by atoms with Crippen molar-refractivity contribution >= 4 is 23.6 Å². The number of aromatic nitrogens is 1. The van der Waals surface area contributed by atoms with Gasteiger partial charge in [0.15, 0.2) is 0 Å². The number of urea groups is 1. The Bertz CT molecular complexity index is 1170. The first-order valence-electron chi connectivity index (χ1n) is 13.0. The quantitative estimate of drug-likeness (QED) is 0.247. The normalized spacial score (nSPS) is 17.5. The van der Waals surface area contributed by atoms with E-state index < -0.39 is 12.0 Å². The molecule has 0 radical (unpaired) electrons. The van der Waals surface area contributed by atoms with E-state index in [1.54, 1.807) is 45.2 Å². The van der Waals surface area contributed by atoms with Gasteiger partial charge in [0, 0.05) is 50.5 Å². The minimum absolute atomic E-state index is 0.000956. The Balaban J connectivity index is 1.60. The van der Waals surface area contributed by atoms with Gasteiger partial charge in [0.1, 0.15) is 17.4 Å². The molecular weight excluding hydrogens is 482 g/mol. The Hall–Kier alpha value is -3.79. The molecule has 0 aliphatic carbocycles. The number of nitrogens with zero attached hydrogens (tertiary/aromatic N) is 4. The van der Waals surface area contributed by atoms with Gasteiger partial charge >= 0.3 is 6.03 Å². The fourth-order valence-electron chi connectivity index (χ4n) is 4.55. The Morgan fingerprint density at radius 3 is 2.66 bits per heavy atom. The molecule has 0 bridgehead atoms. The standard InChI is InChI=1S/C28H39N7O3/c1-6-25(29)35(18(2)3)26(30)19(4)8-7-9-20(5)32-27(37)24-14-22-16-33(12-10-21(22)15-31-24)28(38)34-13-11-23(36)17-34/h7-9,14-15,18,23,29-30,36H,5-6,10-13,16-17H2,1-4H3,(H,32,37)/b9-7-,19-8+,29-25?,30-26?. The average Bonchev–Trinajstić information content (AvgIpc) is 3.33. The van der Waals surface area contributed by atoms with Crippen LogP contribution in [0.4, 0.5) is 4.79 Å². The Labute approximate surface area is 224 Å². The van der Waals surface area contributed by atoms with Crippen molar-refractivity contribution in [3.05, 3.63) is 65.2 Å². The van der Waals surface area contributed by atoms with Crippen molar-refractivity contribution in [3.8, 4) is 0 Å². The molecule has 2 aliphatic heterocycles. The second-order valence-corrected chi connectivity index (χ2v) is 9.98. The third-order valence-corrected chi connectivity index (χ3v) is 6.71. The highest BCUT2D eigenvalue weighted by molar-refractivity contribution is 6.06. The lowest BCUT2D eigenvalue weighted by Gasteiger charge is -2.32. The highest BCUT2D eigenvalue weighted by Crippen LogP contribution is 2.22. The van der Waals surface area contributed by atoms with Gasteiger partial charge in [0.05, 0.1) is 6.10 Å². The van der Waals surface area contributed by atoms with Crippen LogP contribution in [0.2, 0.25) is 0 Å². The van der Waals surface area contributed by atoms with Crippen molar-refractivity contribution in [3.63, 3.8) is 0 Å². The number of aliphatic hydroxyl groups excluding tert-OH is 1. The molecule has 0 spiro atoms. The SMILES string of the molecule is C=C(/C=C\C=C(/C)C(=N)N(C(=N)CC)C(C)C)NC(=O)c1cc2c(cn1)CCN(C(=O)N1CCC(O)C1)C2. The molecule has 4 N–H and O–H groups in total. The zero-order valence-corrected chi connectivity index (χ0v) is 22.8. The highest BCUT2D eigenvalue weighted by Gasteiger charge is 2.30. The molecule has 1 saturated heterocycles. The van der Waals surface area contributed by atoms with Crippen molar-refractivity contribution in [2.24, 2.45) is 0 Å². The van der Waals surface area contributed by atoms with Gasteiger partial charge in [0.25, 0.3) is 5.91 Å². The minimum Gasteiger partial charge on any atom is -0.391 e. The van der Waals surface area contributed by atoms with Crippen molar-refractivity contribution in [1.29, 1.82) is 10.8 Å². The van der Waals surface area contributed by atoms with Gasteiger partial charge in [-0.05, 0) is 62.5 Å². The summed E-state index contributed by atoms with van der Waals surface area (Å²) in [4.78, 5) is 35.0. The number of fused-ring (bicyclic) bond motifs is 1. The summed E-state index contributed by atoms with van der Waals surface area (Å²) >= 11 is 0. The third kappa shape index (κ3) is 6.95. The van der Waals surface area contributed by atoms with Crippen LogP contribution < -0.4 is 5.32 Å². The van der Waals surface area contributed by atoms with Gasteiger partial charge < -0.3 is 25.1 Å². The summed E-state index contributed by atoms with van der Waals surface area (Å²) in [6.45, 7) is 13.4. The lowest BCUT2D eigenvalue weighted by molar-refractivity contribution is 0.0962. The number of aliphatic hydroxyl groups is 1. The summed E-state index contributed by atoms with van der Waals surface area (Å²) in [5.74, 6) is 0.250. The number of pyridine rings is 1. The number of likely N-dealkylation sites (tertiary alicyclic amines) is 1. The Morgan fingerprint density at radius 1 is 1.29 bits per heavy atom. The molecular formula is C28H39N7O3. The molecule has 1 aromatic heterocycles. The summed E-state index contributed by atoms with van der Waals surface area (Å²) in [6.07, 6.45) is 8.13. The molecule has 38 heavy (non-hydrogen) atoms. The van der Waals surface area contributed by atoms with E-state index in [4.69, 9.17) is 10.8 Å². The zero-order valence-electron chi connectivity index (χ0n) is 22.8. The molecule has 1 fully saturated rings. The van der Waals surface area contributed by atoms with Gasteiger partial charge in [-0.1, -0.05) is 25.7 Å². The smallest absolute Gasteiger partial charge is 0.320 e. The van der Waals surface area contributed by atoms with E-state index in [0.29, 0.717) is 62.5 Å². The minimum atomic E-state index is -0.463. The predicted molar refractivity (Wildman–Crippen MR) is 148 cm³/mol. The number of amides is 3. The van der Waals surface area contributed by atoms with Crippen LogP contribution in [0.3, 0.4) is 0 Å². The van der Waals surface area contributed by atoms with E-state index in [9.17, 15) is 14.7 Å². The van der Waals surface area contributed by atoms with Crippen LogP contribution in [-0.4, -0.2) is 80.2 Å². The van der Waals surface area contributed by atoms with E-state index in [0.717, 1.165) is 11.1 Å². The van der Waals surface area contributed by atoms with Crippen LogP contribution >= 0.6 is 0 Å². The van der Waals surface area contributed by atoms with Gasteiger partial charge in [-0.25, -0.2) is 4.79 Å². The van der Waals surface area contributed by atoms with Gasteiger partial charge in [-0.2, -0.15) is 0 Å². The maximum atomic E-state index is 12.8. The van der Waals surface area contributed by atoms with E-state index >= 15 is 0 Å². The molecule has 1 atom stereocenters. The summed E-state index contributed by atoms with van der Waals surface area (Å²) in [7, 11) is 0. The summed E-state index contributed by atoms with van der Waals surface area (Å²) in [5.41, 5.74) is 3.20. The third-order valence-electron chi connectivity index (χ3n) is 6.71. The van der Waals surface area contributed by atoms with Crippen LogP contribution in [0.15, 0.2) is 48.3 Å². The molecule has 1 aromatic rings. The number of hydrogen-bond donors (Lipinski definition) is 4. The van der Waals surface area contributed by atoms with E-state index in [1.165, 1.54) is 0 Å². The molecule has 10 nitrogen and oxygen atoms in total. The first-order valence-corrected chi connectivity index (χ1v) is 13.0. The van der Waals surface area contributed by atoms with Crippen molar-refractivity contribution in [2.75, 3.05) is 19.6 Å². The van der Waals surface area contributed by atoms with E-state index in [1.807, 2.05) is 27.7 Å². The molecule has 0 aromatic carbocycles. The largest absolute Gasteiger partial charge is 0.391 e. The van der Waals surface area contributed by atoms with Crippen LogP contribution in [0.25, 0.3) is 0 Å². The number of β-amino-alcohol motifs (C(OH)–C–C–N with tert-alkyl or cyclic N) is 1. The molecule has 3 rings (SSSR count). The number of carbonyl (C=O) groups is 2. The molecule has 3 amide bonds. The lowest BCUT2D eigenvalue weighted by atomic mass is 10.0. The Morgan fingerprint density at radius 2 is 2.03 bits per heavy atom. The monoisotopic (exact) mass is 521 g/mol. The van der Waals surface area contributed by atoms with Crippen molar-refractivity contribution in [1.82, 2.24) is 25.0 Å². The number of carbonyl (C=O) groups excluding carboxylic acids is 2. The summed E-state index contributed by atoms with van der Waals surface area (Å²) in [6, 6.07) is 1.63. The van der Waals surface area contributed by atoms with E-state index in [-0.39, 0.29) is 23.6 Å². The maximum absolute atomic E-state index is 12.8. The lowest BCUT2D eigenvalue weighted by Crippen LogP contribution is -2.44. The number of nitrogens with one attached hydrogen (secondary N) is 3. The van der Waals surface area contributed by atoms with Crippen LogP contribution in [0.1, 0.15) is 62.2 Å². The maximum Gasteiger partial charge on any atom is 0.320 e. The predicted octanol–water partition coefficient (Wildman–Crippen LogP) is 3.45. The fraction of sp³-hybridized carbons (Fsp3) is 0.464. The van der Waals surface area contributed by atoms with Crippen molar-refractivity contribution < 1.29 is 14.7 Å². The number of allylic oxidation sites excluding steroid dienone is 3. The molecule has 1 unspecified atom stereocenters. The van der Waals surface area contributed by atoms with Crippen LogP contribution in [-0.2, 0) is 13.0 Å². The zero-order chi connectivity index (χ0) is 28.0. The second kappa shape index (κ2) is 12.6. The first kappa shape index (κ1) is 28.8. The second-order valence-electron chi connectivity index (χ2n) is 9.98. The first-order chi connectivity index (χ1) is 18.0. The topological polar surface area (TPSA) is 137 Å². The number of hydrogen-bond acceptors (Lipinski definition) is 6. The van der Waals surface area contributed by atoms with Crippen LogP contribution in [0.5, 0.6) is 0 Å². The number of amidine groups is 2. The van der Waals surface area contributed by atoms with Crippen LogP contribution in [0, 0.1) is 10.8 Å². The summed E-state index contributed by atoms with van der Waals surface area (Å²) in [5, 5.41) is 29.1. The van der Waals surface area contributed by atoms with E-state index in [2.05, 4.69) is 16.9 Å². The highest BCUT2D eigenvalue weighted by atomic mass is 16.3. The molecule has 10 heteroatoms. The van der Waals surface area contributed by atoms with Crippen molar-refractivity contribution in [2.45, 2.75) is 65.6 Å². The molecule has 3 heterocycles. The summed E-state index contributed by atoms with van der Waals surface area (Å²) < 4.78 is 0. The molecule has 0 saturated carbocycles. The fourth-order valence-corrected chi connectivity index (χ4v) is 4.55. The average molecular weight is 522 g/mol. The molecule has 204 valence electrons. The van der Waals surface area contributed by atoms with Gasteiger partial charge in [-0.3, -0.25) is 20.6 Å². The number of rotatable bonds is 7.